The molecule has 1 aromatic heterocycles. The number of benzene rings is 1. The summed E-state index contributed by atoms with van der Waals surface area (Å²) >= 11 is 3.37. The van der Waals surface area contributed by atoms with Gasteiger partial charge in [-0.2, -0.15) is 9.35 Å². The molecule has 1 aromatic carbocycles. The molecule has 0 aliphatic rings. The van der Waals surface area contributed by atoms with Crippen LogP contribution in [-0.4, -0.2) is 49.8 Å². The topological polar surface area (TPSA) is 117 Å². The molecule has 0 radical (unpaired) electrons. The van der Waals surface area contributed by atoms with Gasteiger partial charge in [-0.25, -0.2) is 9.19 Å². The second kappa shape index (κ2) is 8.77. The number of rotatable bonds is 6. The monoisotopic (exact) mass is 455 g/mol. The van der Waals surface area contributed by atoms with Crippen molar-refractivity contribution < 1.29 is 14.1 Å². The van der Waals surface area contributed by atoms with E-state index in [1.807, 2.05) is 6.92 Å². The van der Waals surface area contributed by atoms with Crippen molar-refractivity contribution in [1.82, 2.24) is 9.97 Å². The summed E-state index contributed by atoms with van der Waals surface area (Å²) in [7, 11) is -2.53. The minimum Gasteiger partial charge on any atom is -0.391 e. The number of nitrogens with zero attached hydrogens (tertiary/aromatic N) is 3. The van der Waals surface area contributed by atoms with Crippen molar-refractivity contribution in [3.05, 3.63) is 40.5 Å². The zero-order chi connectivity index (χ0) is 20.2. The molecule has 146 valence electrons. The van der Waals surface area contributed by atoms with E-state index < -0.39 is 21.7 Å². The summed E-state index contributed by atoms with van der Waals surface area (Å²) in [6.45, 7) is 3.52. The van der Waals surface area contributed by atoms with Crippen LogP contribution < -0.4 is 10.6 Å². The summed E-state index contributed by atoms with van der Waals surface area (Å²) in [6.07, 6.45) is 3.85. The van der Waals surface area contributed by atoms with Crippen molar-refractivity contribution in [3.63, 3.8) is 0 Å². The van der Waals surface area contributed by atoms with Gasteiger partial charge < -0.3 is 15.7 Å². The molecule has 0 bridgehead atoms. The summed E-state index contributed by atoms with van der Waals surface area (Å²) in [5, 5.41) is 15.8. The van der Waals surface area contributed by atoms with Crippen LogP contribution in [0, 0.1) is 0 Å². The number of amides is 1. The lowest BCUT2D eigenvalue weighted by molar-refractivity contribution is 0.100. The van der Waals surface area contributed by atoms with Gasteiger partial charge in [-0.05, 0) is 48.0 Å². The first-order valence-electron chi connectivity index (χ1n) is 8.11. The third-order valence-corrected chi connectivity index (χ3v) is 4.69. The molecule has 3 N–H and O–H groups in total. The van der Waals surface area contributed by atoms with Crippen LogP contribution in [0.5, 0.6) is 0 Å². The van der Waals surface area contributed by atoms with Gasteiger partial charge in [0.1, 0.15) is 5.82 Å². The predicted octanol–water partition coefficient (Wildman–Crippen LogP) is 3.03. The Hall–Kier alpha value is -2.04. The molecule has 27 heavy (non-hydrogen) atoms. The lowest BCUT2D eigenvalue weighted by atomic mass is 10.2. The Morgan fingerprint density at radius 1 is 1.33 bits per heavy atom. The first-order valence-corrected chi connectivity index (χ1v) is 11.2. The SMILES string of the molecule is C[C@@H](O)[C@@H](C)Nc1nc(Nc2cccc(C(=O)N=S(C)(C)=O)c2)ncc1Br. The van der Waals surface area contributed by atoms with Crippen molar-refractivity contribution in [2.45, 2.75) is 26.0 Å². The first kappa shape index (κ1) is 21.3. The van der Waals surface area contributed by atoms with Crippen LogP contribution in [0.4, 0.5) is 17.5 Å². The Morgan fingerprint density at radius 3 is 2.67 bits per heavy atom. The largest absolute Gasteiger partial charge is 0.391 e. The molecule has 1 heterocycles. The number of aliphatic hydroxyl groups excluding tert-OH is 1. The normalized spacial score (nSPS) is 13.6. The molecule has 0 aliphatic heterocycles. The Balaban J connectivity index is 2.24. The van der Waals surface area contributed by atoms with Gasteiger partial charge in [-0.1, -0.05) is 6.07 Å². The van der Waals surface area contributed by atoms with E-state index in [9.17, 15) is 14.1 Å². The Morgan fingerprint density at radius 2 is 2.04 bits per heavy atom. The molecule has 2 aromatic rings. The quantitative estimate of drug-likeness (QED) is 0.612. The summed E-state index contributed by atoms with van der Waals surface area (Å²) in [5.41, 5.74) is 0.904. The maximum absolute atomic E-state index is 12.1. The van der Waals surface area contributed by atoms with Crippen LogP contribution in [0.25, 0.3) is 0 Å². The number of aliphatic hydroxyl groups is 1. The maximum Gasteiger partial charge on any atom is 0.285 e. The second-order valence-corrected chi connectivity index (χ2v) is 9.75. The lowest BCUT2D eigenvalue weighted by Gasteiger charge is -2.18. The molecule has 10 heteroatoms. The molecule has 0 saturated heterocycles. The summed E-state index contributed by atoms with van der Waals surface area (Å²) in [4.78, 5) is 20.7. The van der Waals surface area contributed by atoms with Gasteiger partial charge >= 0.3 is 0 Å². The number of carbonyl (C=O) groups excluding carboxylic acids is 1. The second-order valence-electron chi connectivity index (χ2n) is 6.35. The van der Waals surface area contributed by atoms with Crippen molar-refractivity contribution >= 4 is 49.0 Å². The van der Waals surface area contributed by atoms with Gasteiger partial charge in [0.15, 0.2) is 0 Å². The average Bonchev–Trinajstić information content (AvgIpc) is 2.56. The first-order chi connectivity index (χ1) is 12.5. The summed E-state index contributed by atoms with van der Waals surface area (Å²) < 4.78 is 16.0. The van der Waals surface area contributed by atoms with E-state index in [4.69, 9.17) is 0 Å². The number of aromatic nitrogens is 2. The molecule has 2 rings (SSSR count). The standard InChI is InChI=1S/C17H22BrN5O3S/c1-10(11(2)24)20-15-14(18)9-19-17(22-15)21-13-7-5-6-12(8-13)16(25)23-27(3,4)26/h5-11,24H,1-4H3,(H2,19,20,21,22)/t10-,11-/m1/s1. The minimum atomic E-state index is -2.53. The third kappa shape index (κ3) is 6.56. The van der Waals surface area contributed by atoms with Crippen molar-refractivity contribution in [2.24, 2.45) is 4.36 Å². The predicted molar refractivity (Wildman–Crippen MR) is 111 cm³/mol. The molecular formula is C17H22BrN5O3S. The molecule has 0 spiro atoms. The van der Waals surface area contributed by atoms with E-state index in [2.05, 4.69) is 40.9 Å². The summed E-state index contributed by atoms with van der Waals surface area (Å²) in [6, 6.07) is 6.43. The van der Waals surface area contributed by atoms with Crippen LogP contribution >= 0.6 is 15.9 Å². The zero-order valence-corrected chi connectivity index (χ0v) is 17.8. The van der Waals surface area contributed by atoms with Crippen LogP contribution in [0.1, 0.15) is 24.2 Å². The Kier molecular flexibility index (Phi) is 6.90. The highest BCUT2D eigenvalue weighted by atomic mass is 79.9. The minimum absolute atomic E-state index is 0.204. The molecule has 8 nitrogen and oxygen atoms in total. The number of nitrogens with one attached hydrogen (secondary N) is 2. The van der Waals surface area contributed by atoms with E-state index in [0.29, 0.717) is 27.5 Å². The fourth-order valence-electron chi connectivity index (χ4n) is 1.98. The number of carbonyl (C=O) groups is 1. The van der Waals surface area contributed by atoms with Gasteiger partial charge in [-0.15, -0.1) is 0 Å². The van der Waals surface area contributed by atoms with E-state index in [1.165, 1.54) is 12.5 Å². The van der Waals surface area contributed by atoms with Crippen molar-refractivity contribution in [1.29, 1.82) is 0 Å². The summed E-state index contributed by atoms with van der Waals surface area (Å²) in [5.74, 6) is 0.299. The number of hydrogen-bond donors (Lipinski definition) is 3. The fraction of sp³-hybridized carbons (Fsp3) is 0.353. The number of halogens is 1. The third-order valence-electron chi connectivity index (χ3n) is 3.50. The van der Waals surface area contributed by atoms with Gasteiger partial charge in [-0.3, -0.25) is 4.79 Å². The van der Waals surface area contributed by atoms with Gasteiger partial charge in [0.25, 0.3) is 5.91 Å². The lowest BCUT2D eigenvalue weighted by Crippen LogP contribution is -2.28. The smallest absolute Gasteiger partial charge is 0.285 e. The van der Waals surface area contributed by atoms with Crippen molar-refractivity contribution in [3.8, 4) is 0 Å². The van der Waals surface area contributed by atoms with E-state index >= 15 is 0 Å². The number of anilines is 3. The highest BCUT2D eigenvalue weighted by Crippen LogP contribution is 2.23. The fourth-order valence-corrected chi connectivity index (χ4v) is 2.79. The highest BCUT2D eigenvalue weighted by Gasteiger charge is 2.13. The molecule has 0 fully saturated rings. The molecule has 1 amide bonds. The van der Waals surface area contributed by atoms with Crippen LogP contribution in [0.15, 0.2) is 39.3 Å². The number of hydrogen-bond acceptors (Lipinski definition) is 7. The maximum atomic E-state index is 12.1. The van der Waals surface area contributed by atoms with E-state index in [1.54, 1.807) is 37.4 Å². The Labute approximate surface area is 167 Å². The van der Waals surface area contributed by atoms with Gasteiger partial charge in [0.05, 0.1) is 16.6 Å². The Bertz CT molecular complexity index is 949. The molecule has 0 saturated carbocycles. The zero-order valence-electron chi connectivity index (χ0n) is 15.4. The van der Waals surface area contributed by atoms with Crippen LogP contribution in [0.3, 0.4) is 0 Å². The highest BCUT2D eigenvalue weighted by molar-refractivity contribution is 9.10. The van der Waals surface area contributed by atoms with Crippen molar-refractivity contribution in [2.75, 3.05) is 23.1 Å². The van der Waals surface area contributed by atoms with Crippen LogP contribution in [-0.2, 0) is 9.73 Å². The molecule has 0 aliphatic carbocycles. The average molecular weight is 456 g/mol. The van der Waals surface area contributed by atoms with E-state index in [-0.39, 0.29) is 6.04 Å². The van der Waals surface area contributed by atoms with Crippen LogP contribution in [0.2, 0.25) is 0 Å². The van der Waals surface area contributed by atoms with E-state index in [0.717, 1.165) is 0 Å². The molecular weight excluding hydrogens is 434 g/mol. The van der Waals surface area contributed by atoms with Gasteiger partial charge in [0.2, 0.25) is 5.95 Å². The molecule has 0 unspecified atom stereocenters. The molecule has 2 atom stereocenters. The van der Waals surface area contributed by atoms with Gasteiger partial charge in [0, 0.05) is 39.7 Å².